The minimum Gasteiger partial charge on any atom is -0.383 e. The Morgan fingerprint density at radius 3 is 2.64 bits per heavy atom. The van der Waals surface area contributed by atoms with Crippen LogP contribution < -0.4 is 10.6 Å². The highest BCUT2D eigenvalue weighted by molar-refractivity contribution is 5.79. The van der Waals surface area contributed by atoms with Crippen molar-refractivity contribution >= 4 is 5.96 Å². The van der Waals surface area contributed by atoms with E-state index in [1.54, 1.807) is 7.11 Å². The summed E-state index contributed by atoms with van der Waals surface area (Å²) in [6.07, 6.45) is 0.999. The number of rotatable bonds is 10. The maximum Gasteiger partial charge on any atom is 0.191 e. The zero-order valence-electron chi connectivity index (χ0n) is 14.1. The Balaban J connectivity index is 2.29. The standard InChI is InChI=1S/C17H30N4O/c1-4-18-17(20-12-13-21(2)14-15-22-3)19-11-10-16-8-6-5-7-9-16/h5-9H,4,10-15H2,1-3H3,(H2,18,19,20). The second-order valence-electron chi connectivity index (χ2n) is 5.22. The van der Waals surface area contributed by atoms with Gasteiger partial charge in [-0.15, -0.1) is 0 Å². The molecule has 0 aliphatic carbocycles. The van der Waals surface area contributed by atoms with Crippen molar-refractivity contribution in [2.75, 3.05) is 53.5 Å². The Labute approximate surface area is 134 Å². The lowest BCUT2D eigenvalue weighted by Gasteiger charge is -2.15. The van der Waals surface area contributed by atoms with Gasteiger partial charge in [-0.1, -0.05) is 30.3 Å². The fourth-order valence-corrected chi connectivity index (χ4v) is 2.00. The molecule has 0 aliphatic rings. The number of hydrogen-bond acceptors (Lipinski definition) is 3. The van der Waals surface area contributed by atoms with Crippen molar-refractivity contribution in [3.05, 3.63) is 35.9 Å². The van der Waals surface area contributed by atoms with E-state index in [0.29, 0.717) is 0 Å². The van der Waals surface area contributed by atoms with Crippen LogP contribution >= 0.6 is 0 Å². The van der Waals surface area contributed by atoms with Gasteiger partial charge in [0, 0.05) is 33.3 Å². The van der Waals surface area contributed by atoms with Crippen LogP contribution in [0.4, 0.5) is 0 Å². The van der Waals surface area contributed by atoms with Gasteiger partial charge < -0.3 is 20.3 Å². The Kier molecular flexibility index (Phi) is 10.1. The van der Waals surface area contributed by atoms with Gasteiger partial charge in [-0.3, -0.25) is 4.99 Å². The van der Waals surface area contributed by atoms with Gasteiger partial charge in [0.05, 0.1) is 13.2 Å². The molecule has 2 N–H and O–H groups in total. The molecule has 0 heterocycles. The zero-order chi connectivity index (χ0) is 16.0. The molecule has 0 aromatic heterocycles. The van der Waals surface area contributed by atoms with Gasteiger partial charge >= 0.3 is 0 Å². The van der Waals surface area contributed by atoms with Crippen LogP contribution in [0.3, 0.4) is 0 Å². The fraction of sp³-hybridized carbons (Fsp3) is 0.588. The van der Waals surface area contributed by atoms with E-state index in [4.69, 9.17) is 4.74 Å². The van der Waals surface area contributed by atoms with Gasteiger partial charge in [0.25, 0.3) is 0 Å². The number of aliphatic imine (C=N–C) groups is 1. The van der Waals surface area contributed by atoms with Gasteiger partial charge in [-0.2, -0.15) is 0 Å². The number of benzene rings is 1. The van der Waals surface area contributed by atoms with Crippen LogP contribution in [-0.2, 0) is 11.2 Å². The smallest absolute Gasteiger partial charge is 0.191 e. The lowest BCUT2D eigenvalue weighted by Crippen LogP contribution is -2.39. The fourth-order valence-electron chi connectivity index (χ4n) is 2.00. The summed E-state index contributed by atoms with van der Waals surface area (Å²) in [6.45, 7) is 7.24. The summed E-state index contributed by atoms with van der Waals surface area (Å²) in [6, 6.07) is 10.5. The molecule has 0 amide bonds. The van der Waals surface area contributed by atoms with Crippen LogP contribution in [0.5, 0.6) is 0 Å². The number of nitrogens with zero attached hydrogens (tertiary/aromatic N) is 2. The molecule has 0 unspecified atom stereocenters. The van der Waals surface area contributed by atoms with E-state index in [0.717, 1.165) is 51.7 Å². The monoisotopic (exact) mass is 306 g/mol. The van der Waals surface area contributed by atoms with E-state index in [2.05, 4.69) is 58.8 Å². The van der Waals surface area contributed by atoms with Crippen molar-refractivity contribution < 1.29 is 4.74 Å². The molecule has 0 fully saturated rings. The Morgan fingerprint density at radius 1 is 1.18 bits per heavy atom. The second kappa shape index (κ2) is 12.0. The number of ether oxygens (including phenoxy) is 1. The number of likely N-dealkylation sites (N-methyl/N-ethyl adjacent to an activating group) is 1. The molecule has 0 atom stereocenters. The molecule has 1 rings (SSSR count). The summed E-state index contributed by atoms with van der Waals surface area (Å²) in [5.41, 5.74) is 1.34. The van der Waals surface area contributed by atoms with Crippen LogP contribution in [0.25, 0.3) is 0 Å². The van der Waals surface area contributed by atoms with Crippen molar-refractivity contribution in [1.29, 1.82) is 0 Å². The highest BCUT2D eigenvalue weighted by Crippen LogP contribution is 1.98. The molecule has 5 nitrogen and oxygen atoms in total. The Hall–Kier alpha value is -1.59. The third-order valence-electron chi connectivity index (χ3n) is 3.32. The van der Waals surface area contributed by atoms with E-state index < -0.39 is 0 Å². The quantitative estimate of drug-likeness (QED) is 0.506. The van der Waals surface area contributed by atoms with E-state index in [9.17, 15) is 0 Å². The SMILES string of the molecule is CCNC(=NCCN(C)CCOC)NCCc1ccccc1. The third-order valence-corrected chi connectivity index (χ3v) is 3.32. The topological polar surface area (TPSA) is 48.9 Å². The predicted octanol–water partition coefficient (Wildman–Crippen LogP) is 1.36. The van der Waals surface area contributed by atoms with E-state index in [-0.39, 0.29) is 0 Å². The van der Waals surface area contributed by atoms with Crippen LogP contribution in [0, 0.1) is 0 Å². The van der Waals surface area contributed by atoms with E-state index >= 15 is 0 Å². The third kappa shape index (κ3) is 8.64. The first-order chi connectivity index (χ1) is 10.8. The largest absolute Gasteiger partial charge is 0.383 e. The Bertz CT molecular complexity index is 408. The van der Waals surface area contributed by atoms with Crippen molar-refractivity contribution in [2.45, 2.75) is 13.3 Å². The number of guanidine groups is 1. The molecule has 0 saturated carbocycles. The number of nitrogens with one attached hydrogen (secondary N) is 2. The van der Waals surface area contributed by atoms with E-state index in [1.807, 2.05) is 6.07 Å². The molecule has 22 heavy (non-hydrogen) atoms. The van der Waals surface area contributed by atoms with Gasteiger partial charge in [0.1, 0.15) is 0 Å². The maximum absolute atomic E-state index is 5.07. The first-order valence-electron chi connectivity index (χ1n) is 7.99. The molecule has 0 bridgehead atoms. The molecule has 124 valence electrons. The van der Waals surface area contributed by atoms with Crippen LogP contribution in [0.1, 0.15) is 12.5 Å². The molecule has 0 aliphatic heterocycles. The molecular formula is C17H30N4O. The predicted molar refractivity (Wildman–Crippen MR) is 93.5 cm³/mol. The van der Waals surface area contributed by atoms with Crippen molar-refractivity contribution in [2.24, 2.45) is 4.99 Å². The molecular weight excluding hydrogens is 276 g/mol. The Morgan fingerprint density at radius 2 is 1.95 bits per heavy atom. The molecule has 1 aromatic rings. The second-order valence-corrected chi connectivity index (χ2v) is 5.22. The average molecular weight is 306 g/mol. The van der Waals surface area contributed by atoms with Crippen LogP contribution in [0.2, 0.25) is 0 Å². The summed E-state index contributed by atoms with van der Waals surface area (Å²) in [5, 5.41) is 6.66. The lowest BCUT2D eigenvalue weighted by molar-refractivity contribution is 0.163. The summed E-state index contributed by atoms with van der Waals surface area (Å²) in [5.74, 6) is 0.888. The highest BCUT2D eigenvalue weighted by atomic mass is 16.5. The summed E-state index contributed by atoms with van der Waals surface area (Å²) in [4.78, 5) is 6.83. The minimum absolute atomic E-state index is 0.760. The lowest BCUT2D eigenvalue weighted by atomic mass is 10.1. The summed E-state index contributed by atoms with van der Waals surface area (Å²) in [7, 11) is 3.82. The summed E-state index contributed by atoms with van der Waals surface area (Å²) >= 11 is 0. The molecule has 1 aromatic carbocycles. The molecule has 0 radical (unpaired) electrons. The van der Waals surface area contributed by atoms with Gasteiger partial charge in [-0.05, 0) is 26.0 Å². The average Bonchev–Trinajstić information content (AvgIpc) is 2.54. The molecule has 0 spiro atoms. The van der Waals surface area contributed by atoms with Crippen molar-refractivity contribution in [3.8, 4) is 0 Å². The summed E-state index contributed by atoms with van der Waals surface area (Å²) < 4.78 is 5.07. The van der Waals surface area contributed by atoms with Crippen molar-refractivity contribution in [1.82, 2.24) is 15.5 Å². The van der Waals surface area contributed by atoms with Crippen LogP contribution in [-0.4, -0.2) is 64.3 Å². The molecule has 0 saturated heterocycles. The van der Waals surface area contributed by atoms with Gasteiger partial charge in [0.2, 0.25) is 0 Å². The normalized spacial score (nSPS) is 11.7. The zero-order valence-corrected chi connectivity index (χ0v) is 14.1. The minimum atomic E-state index is 0.760. The van der Waals surface area contributed by atoms with E-state index in [1.165, 1.54) is 5.56 Å². The first-order valence-corrected chi connectivity index (χ1v) is 7.99. The maximum atomic E-state index is 5.07. The first kappa shape index (κ1) is 18.5. The van der Waals surface area contributed by atoms with Crippen molar-refractivity contribution in [3.63, 3.8) is 0 Å². The molecule has 5 heteroatoms. The highest BCUT2D eigenvalue weighted by Gasteiger charge is 1.99. The van der Waals surface area contributed by atoms with Crippen LogP contribution in [0.15, 0.2) is 35.3 Å². The number of hydrogen-bond donors (Lipinski definition) is 2. The van der Waals surface area contributed by atoms with Gasteiger partial charge in [0.15, 0.2) is 5.96 Å². The van der Waals surface area contributed by atoms with Gasteiger partial charge in [-0.25, -0.2) is 0 Å². The number of methoxy groups -OCH3 is 1.